The van der Waals surface area contributed by atoms with Crippen molar-refractivity contribution in [3.05, 3.63) is 47.5 Å². The van der Waals surface area contributed by atoms with Gasteiger partial charge in [0.05, 0.1) is 21.3 Å². The first-order chi connectivity index (χ1) is 24.3. The highest BCUT2D eigenvalue weighted by atomic mass is 16.7. The SMILES string of the molecule is COc1ccc(C2(CNC(=O)c3ccc(O[C@@H]4O[C@@H](COC(C)=O)[C@H](OC(C)=O)[C@@H](OC(C)=O)[C@@H]4OC(C)=O)c(OC)c3)CCCC2)cc1OC. The summed E-state index contributed by atoms with van der Waals surface area (Å²) in [6, 6.07) is 10.3. The third kappa shape index (κ3) is 9.60. The monoisotopic (exact) mass is 715 g/mol. The van der Waals surface area contributed by atoms with Gasteiger partial charge in [-0.2, -0.15) is 0 Å². The molecule has 278 valence electrons. The van der Waals surface area contributed by atoms with Crippen LogP contribution < -0.4 is 24.3 Å². The smallest absolute Gasteiger partial charge is 0.303 e. The van der Waals surface area contributed by atoms with Gasteiger partial charge >= 0.3 is 23.9 Å². The molecule has 5 atom stereocenters. The molecular formula is C36H45NO14. The third-order valence-corrected chi connectivity index (χ3v) is 8.76. The molecule has 1 heterocycles. The van der Waals surface area contributed by atoms with E-state index in [0.717, 1.165) is 52.0 Å². The number of nitrogens with one attached hydrogen (secondary N) is 1. The Balaban J connectivity index is 1.59. The molecule has 2 fully saturated rings. The van der Waals surface area contributed by atoms with Crippen LogP contribution in [-0.4, -0.2) is 95.0 Å². The minimum atomic E-state index is -1.48. The number of esters is 4. The number of hydrogen-bond acceptors (Lipinski definition) is 14. The van der Waals surface area contributed by atoms with Gasteiger partial charge in [0.2, 0.25) is 12.4 Å². The topological polar surface area (TPSA) is 180 Å². The Kier molecular flexibility index (Phi) is 13.1. The molecule has 0 bridgehead atoms. The zero-order chi connectivity index (χ0) is 37.3. The Hall–Kier alpha value is -5.05. The van der Waals surface area contributed by atoms with Crippen LogP contribution in [0.15, 0.2) is 36.4 Å². The van der Waals surface area contributed by atoms with Crippen molar-refractivity contribution in [1.29, 1.82) is 0 Å². The summed E-state index contributed by atoms with van der Waals surface area (Å²) in [4.78, 5) is 61.6. The number of benzene rings is 2. The molecule has 4 rings (SSSR count). The van der Waals surface area contributed by atoms with Gasteiger partial charge < -0.3 is 47.9 Å². The lowest BCUT2D eigenvalue weighted by atomic mass is 9.78. The predicted octanol–water partition coefficient (Wildman–Crippen LogP) is 3.42. The van der Waals surface area contributed by atoms with Gasteiger partial charge in [0.25, 0.3) is 5.91 Å². The van der Waals surface area contributed by atoms with Crippen LogP contribution in [-0.2, 0) is 48.3 Å². The van der Waals surface area contributed by atoms with Crippen molar-refractivity contribution in [1.82, 2.24) is 5.32 Å². The van der Waals surface area contributed by atoms with Crippen molar-refractivity contribution in [2.45, 2.75) is 89.5 Å². The molecule has 1 aliphatic heterocycles. The zero-order valence-electron chi connectivity index (χ0n) is 29.8. The first-order valence-electron chi connectivity index (χ1n) is 16.5. The molecule has 51 heavy (non-hydrogen) atoms. The Morgan fingerprint density at radius 1 is 0.706 bits per heavy atom. The summed E-state index contributed by atoms with van der Waals surface area (Å²) in [6.07, 6.45) is -3.09. The largest absolute Gasteiger partial charge is 0.493 e. The molecule has 1 N–H and O–H groups in total. The van der Waals surface area contributed by atoms with E-state index in [-0.39, 0.29) is 28.4 Å². The van der Waals surface area contributed by atoms with E-state index < -0.39 is 61.2 Å². The van der Waals surface area contributed by atoms with E-state index in [4.69, 9.17) is 42.6 Å². The molecule has 15 nitrogen and oxygen atoms in total. The Morgan fingerprint density at radius 2 is 1.27 bits per heavy atom. The van der Waals surface area contributed by atoms with Crippen LogP contribution in [0.2, 0.25) is 0 Å². The number of methoxy groups -OCH3 is 3. The van der Waals surface area contributed by atoms with Gasteiger partial charge in [-0.15, -0.1) is 0 Å². The lowest BCUT2D eigenvalue weighted by Crippen LogP contribution is -2.63. The third-order valence-electron chi connectivity index (χ3n) is 8.76. The molecule has 1 saturated heterocycles. The number of rotatable bonds is 14. The second kappa shape index (κ2) is 17.2. The van der Waals surface area contributed by atoms with E-state index in [9.17, 15) is 24.0 Å². The summed E-state index contributed by atoms with van der Waals surface area (Å²) in [5, 5.41) is 3.08. The van der Waals surface area contributed by atoms with E-state index in [1.807, 2.05) is 18.2 Å². The maximum Gasteiger partial charge on any atom is 0.303 e. The molecule has 2 aromatic carbocycles. The Bertz CT molecular complexity index is 1590. The van der Waals surface area contributed by atoms with Crippen LogP contribution in [0.25, 0.3) is 0 Å². The summed E-state index contributed by atoms with van der Waals surface area (Å²) in [6.45, 7) is 4.52. The minimum absolute atomic E-state index is 0.0764. The van der Waals surface area contributed by atoms with Crippen LogP contribution in [0.3, 0.4) is 0 Å². The van der Waals surface area contributed by atoms with Crippen molar-refractivity contribution in [2.24, 2.45) is 0 Å². The summed E-state index contributed by atoms with van der Waals surface area (Å²) in [5.41, 5.74) is 1.03. The zero-order valence-corrected chi connectivity index (χ0v) is 29.8. The fraction of sp³-hybridized carbons (Fsp3) is 0.528. The second-order valence-electron chi connectivity index (χ2n) is 12.3. The first-order valence-corrected chi connectivity index (χ1v) is 16.5. The average Bonchev–Trinajstić information content (AvgIpc) is 3.58. The van der Waals surface area contributed by atoms with Crippen molar-refractivity contribution in [3.8, 4) is 23.0 Å². The second-order valence-corrected chi connectivity index (χ2v) is 12.3. The number of ether oxygens (including phenoxy) is 9. The molecule has 15 heteroatoms. The van der Waals surface area contributed by atoms with Gasteiger partial charge in [0.15, 0.2) is 35.2 Å². The van der Waals surface area contributed by atoms with Crippen LogP contribution >= 0.6 is 0 Å². The Labute approximate surface area is 296 Å². The van der Waals surface area contributed by atoms with Crippen molar-refractivity contribution in [2.75, 3.05) is 34.5 Å². The van der Waals surface area contributed by atoms with Crippen molar-refractivity contribution in [3.63, 3.8) is 0 Å². The minimum Gasteiger partial charge on any atom is -0.493 e. The highest BCUT2D eigenvalue weighted by Gasteiger charge is 2.53. The average molecular weight is 716 g/mol. The van der Waals surface area contributed by atoms with Gasteiger partial charge in [0.1, 0.15) is 12.7 Å². The van der Waals surface area contributed by atoms with Gasteiger partial charge in [0, 0.05) is 45.2 Å². The maximum atomic E-state index is 13.5. The summed E-state index contributed by atoms with van der Waals surface area (Å²) in [7, 11) is 4.54. The molecule has 0 radical (unpaired) electrons. The molecule has 0 unspecified atom stereocenters. The van der Waals surface area contributed by atoms with Gasteiger partial charge in [-0.05, 0) is 48.7 Å². The first kappa shape index (κ1) is 38.7. The normalized spacial score (nSPS) is 22.1. The molecule has 1 saturated carbocycles. The van der Waals surface area contributed by atoms with E-state index in [0.29, 0.717) is 18.0 Å². The molecule has 1 aliphatic carbocycles. The number of carbonyl (C=O) groups is 5. The molecule has 0 aromatic heterocycles. The molecule has 2 aromatic rings. The van der Waals surface area contributed by atoms with E-state index >= 15 is 0 Å². The summed E-state index contributed by atoms with van der Waals surface area (Å²) in [5.74, 6) is -1.87. The molecule has 0 spiro atoms. The van der Waals surface area contributed by atoms with Crippen molar-refractivity contribution < 1.29 is 66.6 Å². The molecule has 1 amide bonds. The fourth-order valence-corrected chi connectivity index (χ4v) is 6.45. The number of carbonyl (C=O) groups excluding carboxylic acids is 5. The van der Waals surface area contributed by atoms with Gasteiger partial charge in [-0.1, -0.05) is 18.9 Å². The van der Waals surface area contributed by atoms with Crippen LogP contribution in [0.1, 0.15) is 69.3 Å². The van der Waals surface area contributed by atoms with Crippen LogP contribution in [0.4, 0.5) is 0 Å². The van der Waals surface area contributed by atoms with E-state index in [1.54, 1.807) is 14.2 Å². The fourth-order valence-electron chi connectivity index (χ4n) is 6.45. The van der Waals surface area contributed by atoms with E-state index in [1.165, 1.54) is 32.2 Å². The standard InChI is InChI=1S/C36H45NO14/c1-20(38)46-18-30-31(47-21(2)39)32(48-22(3)40)33(49-23(4)41)35(51-30)50-27-12-10-24(16-28(27)44-6)34(42)37-19-36(14-8-9-15-36)25-11-13-26(43-5)29(17-25)45-7/h10-13,16-17,30-33,35H,8-9,14-15,18-19H2,1-7H3,(H,37,42)/t30-,31-,32+,33-,35+/m0/s1. The predicted molar refractivity (Wildman–Crippen MR) is 178 cm³/mol. The lowest BCUT2D eigenvalue weighted by Gasteiger charge is -2.44. The van der Waals surface area contributed by atoms with E-state index in [2.05, 4.69) is 5.32 Å². The highest BCUT2D eigenvalue weighted by molar-refractivity contribution is 5.95. The van der Waals surface area contributed by atoms with Crippen molar-refractivity contribution >= 4 is 29.8 Å². The van der Waals surface area contributed by atoms with Gasteiger partial charge in [-0.3, -0.25) is 24.0 Å². The van der Waals surface area contributed by atoms with Crippen LogP contribution in [0.5, 0.6) is 23.0 Å². The van der Waals surface area contributed by atoms with Gasteiger partial charge in [-0.25, -0.2) is 0 Å². The Morgan fingerprint density at radius 3 is 1.86 bits per heavy atom. The maximum absolute atomic E-state index is 13.5. The number of amides is 1. The molecular weight excluding hydrogens is 670 g/mol. The number of hydrogen-bond donors (Lipinski definition) is 1. The molecule has 2 aliphatic rings. The summed E-state index contributed by atoms with van der Waals surface area (Å²) >= 11 is 0. The van der Waals surface area contributed by atoms with Crippen LogP contribution in [0, 0.1) is 0 Å². The highest BCUT2D eigenvalue weighted by Crippen LogP contribution is 2.43. The lowest BCUT2D eigenvalue weighted by molar-refractivity contribution is -0.288. The quantitative estimate of drug-likeness (QED) is 0.222. The summed E-state index contributed by atoms with van der Waals surface area (Å²) < 4.78 is 50.2.